The molecular formula is C18H24FN5. The summed E-state index contributed by atoms with van der Waals surface area (Å²) in [6, 6.07) is 5.73. The minimum absolute atomic E-state index is 0.262. The number of nitrogens with zero attached hydrogens (tertiary/aromatic N) is 3. The summed E-state index contributed by atoms with van der Waals surface area (Å²) in [5, 5.41) is 6.72. The molecule has 1 fully saturated rings. The summed E-state index contributed by atoms with van der Waals surface area (Å²) in [4.78, 5) is 8.21. The molecule has 0 aliphatic heterocycles. The van der Waals surface area contributed by atoms with Crippen LogP contribution in [0, 0.1) is 5.82 Å². The van der Waals surface area contributed by atoms with Crippen LogP contribution in [0.4, 0.5) is 4.39 Å². The van der Waals surface area contributed by atoms with E-state index in [4.69, 9.17) is 0 Å². The third-order valence-electron chi connectivity index (χ3n) is 4.42. The summed E-state index contributed by atoms with van der Waals surface area (Å²) in [5.41, 5.74) is 1.38. The molecule has 6 heteroatoms. The van der Waals surface area contributed by atoms with E-state index in [0.29, 0.717) is 18.3 Å². The second-order valence-corrected chi connectivity index (χ2v) is 6.16. The first kappa shape index (κ1) is 16.5. The van der Waals surface area contributed by atoms with Crippen LogP contribution in [-0.2, 0) is 6.54 Å². The Morgan fingerprint density at radius 2 is 2.17 bits per heavy atom. The van der Waals surface area contributed by atoms with Crippen LogP contribution in [0.5, 0.6) is 0 Å². The van der Waals surface area contributed by atoms with E-state index in [1.165, 1.54) is 32.1 Å². The predicted molar refractivity (Wildman–Crippen MR) is 93.7 cm³/mol. The van der Waals surface area contributed by atoms with Crippen molar-refractivity contribution in [1.29, 1.82) is 0 Å². The summed E-state index contributed by atoms with van der Waals surface area (Å²) in [5.74, 6) is 0.517. The van der Waals surface area contributed by atoms with Gasteiger partial charge in [0.15, 0.2) is 5.96 Å². The molecule has 1 saturated carbocycles. The molecule has 1 heterocycles. The number of halogens is 1. The summed E-state index contributed by atoms with van der Waals surface area (Å²) in [6.07, 6.45) is 11.2. The van der Waals surface area contributed by atoms with Gasteiger partial charge in [0.05, 0.1) is 12.0 Å². The molecule has 0 saturated heterocycles. The van der Waals surface area contributed by atoms with E-state index in [9.17, 15) is 4.39 Å². The number of aromatic nitrogens is 2. The van der Waals surface area contributed by atoms with Gasteiger partial charge < -0.3 is 15.2 Å². The number of nitrogens with one attached hydrogen (secondary N) is 2. The maximum absolute atomic E-state index is 14.3. The highest BCUT2D eigenvalue weighted by molar-refractivity contribution is 5.79. The lowest BCUT2D eigenvalue weighted by Crippen LogP contribution is -2.43. The van der Waals surface area contributed by atoms with Gasteiger partial charge in [-0.15, -0.1) is 0 Å². The summed E-state index contributed by atoms with van der Waals surface area (Å²) in [7, 11) is 1.76. The lowest BCUT2D eigenvalue weighted by molar-refractivity contribution is 0.410. The molecule has 0 atom stereocenters. The van der Waals surface area contributed by atoms with Crippen LogP contribution in [0.15, 0.2) is 41.9 Å². The van der Waals surface area contributed by atoms with Crippen molar-refractivity contribution in [1.82, 2.24) is 20.2 Å². The van der Waals surface area contributed by atoms with Crippen LogP contribution in [0.2, 0.25) is 0 Å². The monoisotopic (exact) mass is 329 g/mol. The second kappa shape index (κ2) is 7.95. The average Bonchev–Trinajstić information content (AvgIpc) is 3.14. The highest BCUT2D eigenvalue weighted by Crippen LogP contribution is 2.17. The van der Waals surface area contributed by atoms with Gasteiger partial charge in [-0.3, -0.25) is 4.99 Å². The van der Waals surface area contributed by atoms with Crippen molar-refractivity contribution in [2.75, 3.05) is 7.05 Å². The van der Waals surface area contributed by atoms with E-state index in [1.807, 2.05) is 6.07 Å². The quantitative estimate of drug-likeness (QED) is 0.670. The van der Waals surface area contributed by atoms with Crippen molar-refractivity contribution in [2.45, 2.75) is 44.7 Å². The number of guanidine groups is 1. The highest BCUT2D eigenvalue weighted by atomic mass is 19.1. The van der Waals surface area contributed by atoms with Gasteiger partial charge in [-0.2, -0.15) is 0 Å². The Labute approximate surface area is 142 Å². The molecule has 0 radical (unpaired) electrons. The third-order valence-corrected chi connectivity index (χ3v) is 4.42. The molecule has 0 bridgehead atoms. The van der Waals surface area contributed by atoms with Gasteiger partial charge in [0.2, 0.25) is 0 Å². The molecular weight excluding hydrogens is 305 g/mol. The Morgan fingerprint density at radius 3 is 2.83 bits per heavy atom. The summed E-state index contributed by atoms with van der Waals surface area (Å²) >= 11 is 0. The first-order chi connectivity index (χ1) is 11.8. The molecule has 0 amide bonds. The van der Waals surface area contributed by atoms with Crippen LogP contribution in [0.25, 0.3) is 5.69 Å². The number of aliphatic imine (C=N–C) groups is 1. The zero-order chi connectivity index (χ0) is 16.8. The Hall–Kier alpha value is -2.37. The molecule has 5 nitrogen and oxygen atoms in total. The smallest absolute Gasteiger partial charge is 0.191 e. The molecule has 1 aromatic carbocycles. The lowest BCUT2D eigenvalue weighted by Gasteiger charge is -2.24. The largest absolute Gasteiger partial charge is 0.354 e. The fourth-order valence-electron chi connectivity index (χ4n) is 3.09. The molecule has 1 aliphatic carbocycles. The fraction of sp³-hybridized carbons (Fsp3) is 0.444. The highest BCUT2D eigenvalue weighted by Gasteiger charge is 2.14. The van der Waals surface area contributed by atoms with Crippen molar-refractivity contribution < 1.29 is 4.39 Å². The summed E-state index contributed by atoms with van der Waals surface area (Å²) in [6.45, 7) is 0.535. The zero-order valence-electron chi connectivity index (χ0n) is 14.0. The first-order valence-corrected chi connectivity index (χ1v) is 8.50. The predicted octanol–water partition coefficient (Wildman–Crippen LogP) is 3.01. The molecule has 2 aromatic rings. The number of imidazole rings is 1. The normalized spacial score (nSPS) is 16.2. The van der Waals surface area contributed by atoms with E-state index < -0.39 is 0 Å². The minimum Gasteiger partial charge on any atom is -0.354 e. The van der Waals surface area contributed by atoms with E-state index >= 15 is 0 Å². The van der Waals surface area contributed by atoms with Crippen LogP contribution in [-0.4, -0.2) is 28.6 Å². The Balaban J connectivity index is 1.58. The van der Waals surface area contributed by atoms with Crippen LogP contribution in [0.1, 0.15) is 37.7 Å². The van der Waals surface area contributed by atoms with Gasteiger partial charge in [-0.05, 0) is 30.5 Å². The molecule has 0 unspecified atom stereocenters. The molecule has 24 heavy (non-hydrogen) atoms. The second-order valence-electron chi connectivity index (χ2n) is 6.16. The zero-order valence-corrected chi connectivity index (χ0v) is 14.0. The Kier molecular flexibility index (Phi) is 5.46. The van der Waals surface area contributed by atoms with E-state index in [-0.39, 0.29) is 5.82 Å². The molecule has 1 aromatic heterocycles. The number of hydrogen-bond donors (Lipinski definition) is 2. The molecule has 128 valence electrons. The van der Waals surface area contributed by atoms with Gasteiger partial charge >= 0.3 is 0 Å². The molecule has 3 rings (SSSR count). The van der Waals surface area contributed by atoms with Gasteiger partial charge in [0, 0.05) is 32.0 Å². The standard InChI is InChI=1S/C18H24FN5/c1-20-18(23-15-5-3-2-4-6-15)22-12-14-7-8-17(16(19)11-14)24-10-9-21-13-24/h7-11,13,15H,2-6,12H2,1H3,(H2,20,22,23). The van der Waals surface area contributed by atoms with Gasteiger partial charge in [-0.1, -0.05) is 25.3 Å². The van der Waals surface area contributed by atoms with E-state index in [2.05, 4.69) is 20.6 Å². The van der Waals surface area contributed by atoms with E-state index in [1.54, 1.807) is 42.5 Å². The van der Waals surface area contributed by atoms with Crippen LogP contribution in [0.3, 0.4) is 0 Å². The molecule has 0 spiro atoms. The molecule has 2 N–H and O–H groups in total. The van der Waals surface area contributed by atoms with Crippen LogP contribution < -0.4 is 10.6 Å². The van der Waals surface area contributed by atoms with Crippen molar-refractivity contribution in [2.24, 2.45) is 4.99 Å². The number of benzene rings is 1. The lowest BCUT2D eigenvalue weighted by atomic mass is 9.96. The van der Waals surface area contributed by atoms with Gasteiger partial charge in [-0.25, -0.2) is 9.37 Å². The van der Waals surface area contributed by atoms with Gasteiger partial charge in [0.25, 0.3) is 0 Å². The molecule has 1 aliphatic rings. The summed E-state index contributed by atoms with van der Waals surface area (Å²) < 4.78 is 15.9. The van der Waals surface area contributed by atoms with Crippen molar-refractivity contribution >= 4 is 5.96 Å². The minimum atomic E-state index is -0.262. The Morgan fingerprint density at radius 1 is 1.33 bits per heavy atom. The first-order valence-electron chi connectivity index (χ1n) is 8.50. The van der Waals surface area contributed by atoms with E-state index in [0.717, 1.165) is 11.5 Å². The van der Waals surface area contributed by atoms with Crippen molar-refractivity contribution in [3.05, 3.63) is 48.3 Å². The van der Waals surface area contributed by atoms with Crippen LogP contribution >= 0.6 is 0 Å². The average molecular weight is 329 g/mol. The SMILES string of the molecule is CN=C(NCc1ccc(-n2ccnc2)c(F)c1)NC1CCCCC1. The maximum atomic E-state index is 14.3. The van der Waals surface area contributed by atoms with Crippen molar-refractivity contribution in [3.8, 4) is 5.69 Å². The van der Waals surface area contributed by atoms with Gasteiger partial charge in [0.1, 0.15) is 5.82 Å². The number of rotatable bonds is 4. The fourth-order valence-corrected chi connectivity index (χ4v) is 3.09. The topological polar surface area (TPSA) is 54.2 Å². The maximum Gasteiger partial charge on any atom is 0.191 e. The third kappa shape index (κ3) is 4.13. The van der Waals surface area contributed by atoms with Crippen molar-refractivity contribution in [3.63, 3.8) is 0 Å². The number of hydrogen-bond acceptors (Lipinski definition) is 2. The Bertz CT molecular complexity index is 675.